The van der Waals surface area contributed by atoms with Crippen LogP contribution in [0.5, 0.6) is 17.2 Å². The lowest BCUT2D eigenvalue weighted by Gasteiger charge is -2.64. The zero-order valence-electron chi connectivity index (χ0n) is 25.9. The van der Waals surface area contributed by atoms with Crippen molar-refractivity contribution in [1.29, 1.82) is 0 Å². The van der Waals surface area contributed by atoms with Crippen molar-refractivity contribution in [2.45, 2.75) is 68.1 Å². The third-order valence-electron chi connectivity index (χ3n) is 11.4. The Balaban J connectivity index is 1.17. The van der Waals surface area contributed by atoms with Gasteiger partial charge in [-0.2, -0.15) is 0 Å². The van der Waals surface area contributed by atoms with Gasteiger partial charge in [-0.3, -0.25) is 9.88 Å². The van der Waals surface area contributed by atoms with Crippen LogP contribution < -0.4 is 9.47 Å². The molecule has 6 nitrogen and oxygen atoms in total. The summed E-state index contributed by atoms with van der Waals surface area (Å²) >= 11 is 0. The number of hydrogen-bond acceptors (Lipinski definition) is 6. The van der Waals surface area contributed by atoms with Crippen LogP contribution in [0.4, 0.5) is 0 Å². The highest BCUT2D eigenvalue weighted by molar-refractivity contribution is 5.68. The monoisotopic (exact) mass is 600 g/mol. The molecule has 5 aliphatic rings. The molecule has 4 aromatic rings. The number of ether oxygens (including phenoxy) is 3. The van der Waals surface area contributed by atoms with Crippen molar-refractivity contribution in [1.82, 2.24) is 9.88 Å². The SMILES string of the molecule is COc1ccc(-c2cnc3c(c2)C[C@@]2(OCCCc4ccccc4)[C@H]4Cc5ccc(O)c6c5[C@@]2(CCN4CC2CC2)[C@H]3O6)cc1. The molecule has 9 rings (SSSR count). The van der Waals surface area contributed by atoms with E-state index in [1.165, 1.54) is 35.1 Å². The standard InChI is InChI=1S/C39H40N2O4/c1-43-31-14-11-27(12-15-31)30-20-29-22-39(44-19-5-8-25-6-3-2-4-7-25)33-21-28-13-16-32(42)36-34(28)38(39,37(45-36)35(29)40-23-30)17-18-41(33)24-26-9-10-26/h2-4,6-7,11-16,20,23,26,33,37,42H,5,8-10,17-19,21-22,24H2,1H3/t33-,37+,38+,39-/m1/s1. The van der Waals surface area contributed by atoms with E-state index < -0.39 is 11.0 Å². The Morgan fingerprint density at radius 2 is 1.84 bits per heavy atom. The van der Waals surface area contributed by atoms with Gasteiger partial charge in [-0.25, -0.2) is 0 Å². The summed E-state index contributed by atoms with van der Waals surface area (Å²) in [6, 6.07) is 25.5. The number of pyridine rings is 1. The minimum atomic E-state index is -0.485. The number of likely N-dealkylation sites (tertiary alicyclic amines) is 1. The minimum absolute atomic E-state index is 0.228. The molecule has 6 heteroatoms. The zero-order valence-corrected chi connectivity index (χ0v) is 25.9. The number of fused-ring (bicyclic) bond motifs is 2. The normalized spacial score (nSPS) is 27.4. The molecular formula is C39H40N2O4. The van der Waals surface area contributed by atoms with Gasteiger partial charge in [0.2, 0.25) is 0 Å². The minimum Gasteiger partial charge on any atom is -0.504 e. The van der Waals surface area contributed by atoms with Crippen molar-refractivity contribution in [2.24, 2.45) is 5.92 Å². The van der Waals surface area contributed by atoms with Gasteiger partial charge in [0.25, 0.3) is 0 Å². The van der Waals surface area contributed by atoms with Crippen LogP contribution >= 0.6 is 0 Å². The van der Waals surface area contributed by atoms with E-state index in [0.29, 0.717) is 12.4 Å². The average molecular weight is 601 g/mol. The number of phenolic OH excluding ortho intramolecular Hbond substituents is 1. The smallest absolute Gasteiger partial charge is 0.166 e. The third-order valence-corrected chi connectivity index (χ3v) is 11.4. The first-order valence-electron chi connectivity index (χ1n) is 16.7. The van der Waals surface area contributed by atoms with Gasteiger partial charge in [0.15, 0.2) is 17.6 Å². The fourth-order valence-corrected chi connectivity index (χ4v) is 9.20. The summed E-state index contributed by atoms with van der Waals surface area (Å²) in [5.41, 5.74) is 7.34. The zero-order chi connectivity index (χ0) is 30.2. The molecule has 4 atom stereocenters. The van der Waals surface area contributed by atoms with Crippen LogP contribution in [0.1, 0.15) is 59.7 Å². The van der Waals surface area contributed by atoms with E-state index in [1.807, 2.05) is 24.4 Å². The van der Waals surface area contributed by atoms with E-state index in [0.717, 1.165) is 73.7 Å². The average Bonchev–Trinajstić information content (AvgIpc) is 3.82. The Bertz CT molecular complexity index is 1750. The fourth-order valence-electron chi connectivity index (χ4n) is 9.20. The van der Waals surface area contributed by atoms with Gasteiger partial charge in [0.05, 0.1) is 18.2 Å². The van der Waals surface area contributed by atoms with Crippen molar-refractivity contribution in [3.05, 3.63) is 107 Å². The van der Waals surface area contributed by atoms with Gasteiger partial charge < -0.3 is 19.3 Å². The van der Waals surface area contributed by atoms with Gasteiger partial charge in [-0.15, -0.1) is 0 Å². The quantitative estimate of drug-likeness (QED) is 0.213. The van der Waals surface area contributed by atoms with Crippen LogP contribution in [-0.4, -0.2) is 53.4 Å². The molecule has 2 bridgehead atoms. The summed E-state index contributed by atoms with van der Waals surface area (Å²) in [5, 5.41) is 11.2. The molecule has 230 valence electrons. The molecule has 2 aliphatic heterocycles. The molecule has 0 amide bonds. The molecule has 1 saturated heterocycles. The van der Waals surface area contributed by atoms with Crippen molar-refractivity contribution < 1.29 is 19.3 Å². The Kier molecular flexibility index (Phi) is 6.30. The number of methoxy groups -OCH3 is 1. The van der Waals surface area contributed by atoms with Crippen LogP contribution in [0.25, 0.3) is 11.1 Å². The van der Waals surface area contributed by atoms with Crippen LogP contribution in [0.2, 0.25) is 0 Å². The highest BCUT2D eigenvalue weighted by Gasteiger charge is 2.73. The molecule has 3 aromatic carbocycles. The summed E-state index contributed by atoms with van der Waals surface area (Å²) < 4.78 is 19.8. The molecule has 1 saturated carbocycles. The molecule has 45 heavy (non-hydrogen) atoms. The van der Waals surface area contributed by atoms with Gasteiger partial charge in [-0.05, 0) is 97.5 Å². The van der Waals surface area contributed by atoms with Gasteiger partial charge in [0, 0.05) is 42.9 Å². The number of hydrogen-bond donors (Lipinski definition) is 1. The lowest BCUT2D eigenvalue weighted by atomic mass is 9.48. The van der Waals surface area contributed by atoms with Crippen molar-refractivity contribution in [2.75, 3.05) is 26.8 Å². The van der Waals surface area contributed by atoms with Crippen LogP contribution in [0.3, 0.4) is 0 Å². The van der Waals surface area contributed by atoms with E-state index in [4.69, 9.17) is 19.2 Å². The molecule has 0 unspecified atom stereocenters. The predicted octanol–water partition coefficient (Wildman–Crippen LogP) is 6.82. The Morgan fingerprint density at radius 3 is 2.64 bits per heavy atom. The maximum Gasteiger partial charge on any atom is 0.166 e. The van der Waals surface area contributed by atoms with Gasteiger partial charge in [-0.1, -0.05) is 48.5 Å². The van der Waals surface area contributed by atoms with Crippen LogP contribution in [0, 0.1) is 5.92 Å². The lowest BCUT2D eigenvalue weighted by Crippen LogP contribution is -2.75. The van der Waals surface area contributed by atoms with E-state index in [2.05, 4.69) is 59.5 Å². The topological polar surface area (TPSA) is 64.0 Å². The number of benzene rings is 3. The second-order valence-electron chi connectivity index (χ2n) is 13.8. The van der Waals surface area contributed by atoms with Crippen LogP contribution in [-0.2, 0) is 29.4 Å². The Morgan fingerprint density at radius 1 is 1.00 bits per heavy atom. The van der Waals surface area contributed by atoms with E-state index in [-0.39, 0.29) is 17.9 Å². The van der Waals surface area contributed by atoms with E-state index >= 15 is 0 Å². The lowest BCUT2D eigenvalue weighted by molar-refractivity contribution is -0.205. The second kappa shape index (κ2) is 10.3. The number of piperidine rings is 1. The summed E-state index contributed by atoms with van der Waals surface area (Å²) in [4.78, 5) is 7.92. The summed E-state index contributed by atoms with van der Waals surface area (Å²) in [6.07, 6.45) is 8.92. The maximum atomic E-state index is 11.2. The summed E-state index contributed by atoms with van der Waals surface area (Å²) in [5.74, 6) is 2.51. The van der Waals surface area contributed by atoms with Gasteiger partial charge >= 0.3 is 0 Å². The largest absolute Gasteiger partial charge is 0.504 e. The molecule has 1 aromatic heterocycles. The molecule has 3 heterocycles. The molecule has 3 aliphatic carbocycles. The van der Waals surface area contributed by atoms with Crippen LogP contribution in [0.15, 0.2) is 79.0 Å². The highest BCUT2D eigenvalue weighted by Crippen LogP contribution is 2.69. The third kappa shape index (κ3) is 4.11. The predicted molar refractivity (Wildman–Crippen MR) is 173 cm³/mol. The molecule has 1 N–H and O–H groups in total. The number of aromatic nitrogens is 1. The summed E-state index contributed by atoms with van der Waals surface area (Å²) in [6.45, 7) is 2.84. The fraction of sp³-hybridized carbons (Fsp3) is 0.410. The Hall–Kier alpha value is -3.87. The van der Waals surface area contributed by atoms with E-state index in [1.54, 1.807) is 7.11 Å². The number of rotatable bonds is 9. The first-order chi connectivity index (χ1) is 22.1. The number of nitrogens with zero attached hydrogens (tertiary/aromatic N) is 2. The van der Waals surface area contributed by atoms with Crippen molar-refractivity contribution in [3.8, 4) is 28.4 Å². The van der Waals surface area contributed by atoms with Gasteiger partial charge in [0.1, 0.15) is 11.4 Å². The highest BCUT2D eigenvalue weighted by atomic mass is 16.5. The van der Waals surface area contributed by atoms with E-state index in [9.17, 15) is 5.11 Å². The number of phenols is 1. The van der Waals surface area contributed by atoms with Crippen molar-refractivity contribution >= 4 is 0 Å². The first kappa shape index (κ1) is 27.4. The first-order valence-corrected chi connectivity index (χ1v) is 16.7. The molecular weight excluding hydrogens is 560 g/mol. The molecule has 0 radical (unpaired) electrons. The molecule has 1 spiro atoms. The van der Waals surface area contributed by atoms with Crippen molar-refractivity contribution in [3.63, 3.8) is 0 Å². The summed E-state index contributed by atoms with van der Waals surface area (Å²) in [7, 11) is 1.70. The number of aromatic hydroxyl groups is 1. The second-order valence-corrected chi connectivity index (χ2v) is 13.8. The molecule has 2 fully saturated rings. The maximum absolute atomic E-state index is 11.2. The number of aryl methyl sites for hydroxylation is 1. The Labute approximate surface area is 265 Å².